The lowest BCUT2D eigenvalue weighted by Crippen LogP contribution is -2.06. The molecule has 0 saturated heterocycles. The summed E-state index contributed by atoms with van der Waals surface area (Å²) in [7, 11) is 0. The molecule has 0 radical (unpaired) electrons. The van der Waals surface area contributed by atoms with Crippen LogP contribution in [0.15, 0.2) is 64.0 Å². The summed E-state index contributed by atoms with van der Waals surface area (Å²) in [5.41, 5.74) is 2.96. The van der Waals surface area contributed by atoms with E-state index in [1.807, 2.05) is 49.4 Å². The van der Waals surface area contributed by atoms with Crippen LogP contribution in [0, 0.1) is 6.92 Å². The summed E-state index contributed by atoms with van der Waals surface area (Å²) < 4.78 is 5.31. The van der Waals surface area contributed by atoms with Gasteiger partial charge in [-0.05, 0) is 24.6 Å². The number of hydrogen-bond donors (Lipinski definition) is 1. The van der Waals surface area contributed by atoms with Crippen molar-refractivity contribution in [3.63, 3.8) is 0 Å². The lowest BCUT2D eigenvalue weighted by Gasteiger charge is -1.99. The van der Waals surface area contributed by atoms with Crippen LogP contribution in [0.3, 0.4) is 0 Å². The van der Waals surface area contributed by atoms with Crippen molar-refractivity contribution in [2.75, 3.05) is 0 Å². The maximum Gasteiger partial charge on any atom is 0.263 e. The molecule has 2 aromatic heterocycles. The molecule has 23 heavy (non-hydrogen) atoms. The van der Waals surface area contributed by atoms with Crippen LogP contribution in [0.25, 0.3) is 33.7 Å². The molecular weight excluding hydrogens is 290 g/mol. The Morgan fingerprint density at radius 1 is 1.00 bits per heavy atom. The number of aromatic nitrogens is 3. The number of H-pyrrole nitrogens is 1. The average Bonchev–Trinajstić information content (AvgIpc) is 3.05. The number of benzene rings is 2. The van der Waals surface area contributed by atoms with Crippen LogP contribution in [0.2, 0.25) is 0 Å². The first-order chi connectivity index (χ1) is 11.2. The Bertz CT molecular complexity index is 1060. The molecule has 2 aromatic carbocycles. The summed E-state index contributed by atoms with van der Waals surface area (Å²) in [5.74, 6) is 0.695. The highest BCUT2D eigenvalue weighted by Gasteiger charge is 2.15. The first kappa shape index (κ1) is 13.5. The molecule has 0 fully saturated rings. The van der Waals surface area contributed by atoms with Crippen LogP contribution in [-0.2, 0) is 0 Å². The number of rotatable bonds is 2. The van der Waals surface area contributed by atoms with Crippen molar-refractivity contribution in [2.24, 2.45) is 0 Å². The third-order valence-electron chi connectivity index (χ3n) is 3.83. The summed E-state index contributed by atoms with van der Waals surface area (Å²) in [4.78, 5) is 20.1. The molecular formula is C18H13N3O2. The van der Waals surface area contributed by atoms with Gasteiger partial charge in [0.2, 0.25) is 11.3 Å². The van der Waals surface area contributed by atoms with Gasteiger partial charge in [0.15, 0.2) is 0 Å². The molecule has 0 atom stereocenters. The molecule has 0 saturated carbocycles. The van der Waals surface area contributed by atoms with Gasteiger partial charge >= 0.3 is 0 Å². The van der Waals surface area contributed by atoms with Gasteiger partial charge in [0.1, 0.15) is 5.56 Å². The van der Waals surface area contributed by atoms with Crippen LogP contribution in [-0.4, -0.2) is 15.1 Å². The standard InChI is InChI=1S/C18H13N3O2/c1-11-6-2-3-7-12(11)17-20-18(23-21-17)14-10-19-15-9-5-4-8-13(15)16(14)22/h2-10H,1H3,(H,19,22). The largest absolute Gasteiger partial charge is 0.360 e. The van der Waals surface area contributed by atoms with E-state index in [0.717, 1.165) is 16.6 Å². The second-order valence-corrected chi connectivity index (χ2v) is 5.32. The summed E-state index contributed by atoms with van der Waals surface area (Å²) >= 11 is 0. The van der Waals surface area contributed by atoms with Crippen molar-refractivity contribution < 1.29 is 4.52 Å². The Balaban J connectivity index is 1.85. The summed E-state index contributed by atoms with van der Waals surface area (Å²) in [5, 5.41) is 4.60. The number of pyridine rings is 1. The fourth-order valence-electron chi connectivity index (χ4n) is 2.59. The van der Waals surface area contributed by atoms with Gasteiger partial charge < -0.3 is 9.51 Å². The number of fused-ring (bicyclic) bond motifs is 1. The molecule has 0 bridgehead atoms. The zero-order chi connectivity index (χ0) is 15.8. The zero-order valence-electron chi connectivity index (χ0n) is 12.4. The number of nitrogens with zero attached hydrogens (tertiary/aromatic N) is 2. The van der Waals surface area contributed by atoms with Gasteiger partial charge in [-0.25, -0.2) is 0 Å². The van der Waals surface area contributed by atoms with Gasteiger partial charge in [-0.3, -0.25) is 4.79 Å². The highest BCUT2D eigenvalue weighted by atomic mass is 16.5. The van der Waals surface area contributed by atoms with Crippen molar-refractivity contribution in [1.82, 2.24) is 15.1 Å². The zero-order valence-corrected chi connectivity index (χ0v) is 12.4. The fraction of sp³-hybridized carbons (Fsp3) is 0.0556. The second-order valence-electron chi connectivity index (χ2n) is 5.32. The van der Waals surface area contributed by atoms with E-state index in [1.165, 1.54) is 0 Å². The molecule has 2 heterocycles. The highest BCUT2D eigenvalue weighted by molar-refractivity contribution is 5.82. The number of aryl methyl sites for hydroxylation is 1. The van der Waals surface area contributed by atoms with Crippen molar-refractivity contribution in [3.8, 4) is 22.8 Å². The quantitative estimate of drug-likeness (QED) is 0.614. The summed E-state index contributed by atoms with van der Waals surface area (Å²) in [6.45, 7) is 1.98. The topological polar surface area (TPSA) is 71.8 Å². The van der Waals surface area contributed by atoms with Crippen LogP contribution in [0.4, 0.5) is 0 Å². The van der Waals surface area contributed by atoms with Gasteiger partial charge in [0.05, 0.1) is 0 Å². The molecule has 0 unspecified atom stereocenters. The van der Waals surface area contributed by atoms with Gasteiger partial charge in [-0.2, -0.15) is 4.98 Å². The van der Waals surface area contributed by atoms with E-state index in [1.54, 1.807) is 12.3 Å². The molecule has 4 rings (SSSR count). The van der Waals surface area contributed by atoms with Gasteiger partial charge in [-0.15, -0.1) is 0 Å². The third kappa shape index (κ3) is 2.23. The molecule has 5 nitrogen and oxygen atoms in total. The van der Waals surface area contributed by atoms with Crippen molar-refractivity contribution in [1.29, 1.82) is 0 Å². The third-order valence-corrected chi connectivity index (χ3v) is 3.83. The van der Waals surface area contributed by atoms with Gasteiger partial charge in [0, 0.05) is 22.7 Å². The Labute approximate surface area is 131 Å². The van der Waals surface area contributed by atoms with E-state index in [0.29, 0.717) is 16.8 Å². The van der Waals surface area contributed by atoms with E-state index in [4.69, 9.17) is 4.52 Å². The molecule has 0 aliphatic carbocycles. The van der Waals surface area contributed by atoms with Gasteiger partial charge in [-0.1, -0.05) is 41.6 Å². The number of hydrogen-bond acceptors (Lipinski definition) is 4. The normalized spacial score (nSPS) is 11.0. The van der Waals surface area contributed by atoms with Crippen molar-refractivity contribution in [3.05, 3.63) is 70.5 Å². The second kappa shape index (κ2) is 5.21. The van der Waals surface area contributed by atoms with Crippen LogP contribution >= 0.6 is 0 Å². The van der Waals surface area contributed by atoms with E-state index in [-0.39, 0.29) is 11.3 Å². The number of aromatic amines is 1. The van der Waals surface area contributed by atoms with Crippen LogP contribution < -0.4 is 5.43 Å². The highest BCUT2D eigenvalue weighted by Crippen LogP contribution is 2.23. The average molecular weight is 303 g/mol. The summed E-state index contributed by atoms with van der Waals surface area (Å²) in [6.07, 6.45) is 1.61. The monoisotopic (exact) mass is 303 g/mol. The van der Waals surface area contributed by atoms with Gasteiger partial charge in [0.25, 0.3) is 5.89 Å². The Kier molecular flexibility index (Phi) is 3.05. The molecule has 112 valence electrons. The Hall–Kier alpha value is -3.21. The number of nitrogens with one attached hydrogen (secondary N) is 1. The lowest BCUT2D eigenvalue weighted by molar-refractivity contribution is 0.432. The van der Waals surface area contributed by atoms with E-state index in [2.05, 4.69) is 15.1 Å². The predicted molar refractivity (Wildman–Crippen MR) is 88.0 cm³/mol. The number of para-hydroxylation sites is 1. The van der Waals surface area contributed by atoms with E-state index < -0.39 is 0 Å². The van der Waals surface area contributed by atoms with Crippen molar-refractivity contribution >= 4 is 10.9 Å². The Morgan fingerprint density at radius 3 is 2.65 bits per heavy atom. The lowest BCUT2D eigenvalue weighted by atomic mass is 10.1. The Morgan fingerprint density at radius 2 is 1.78 bits per heavy atom. The summed E-state index contributed by atoms with van der Waals surface area (Å²) in [6, 6.07) is 15.1. The van der Waals surface area contributed by atoms with Crippen molar-refractivity contribution in [2.45, 2.75) is 6.92 Å². The smallest absolute Gasteiger partial charge is 0.263 e. The first-order valence-corrected chi connectivity index (χ1v) is 7.24. The minimum Gasteiger partial charge on any atom is -0.360 e. The maximum atomic E-state index is 12.6. The molecule has 1 N–H and O–H groups in total. The molecule has 0 amide bonds. The molecule has 0 aliphatic heterocycles. The first-order valence-electron chi connectivity index (χ1n) is 7.24. The van der Waals surface area contributed by atoms with E-state index >= 15 is 0 Å². The SMILES string of the molecule is Cc1ccccc1-c1noc(-c2c[nH]c3ccccc3c2=O)n1. The predicted octanol–water partition coefficient (Wildman–Crippen LogP) is 3.55. The minimum atomic E-state index is -0.126. The van der Waals surface area contributed by atoms with Crippen LogP contribution in [0.1, 0.15) is 5.56 Å². The molecule has 5 heteroatoms. The molecule has 4 aromatic rings. The van der Waals surface area contributed by atoms with E-state index in [9.17, 15) is 4.79 Å². The van der Waals surface area contributed by atoms with Crippen LogP contribution in [0.5, 0.6) is 0 Å². The maximum absolute atomic E-state index is 12.6. The molecule has 0 spiro atoms. The minimum absolute atomic E-state index is 0.126. The molecule has 0 aliphatic rings. The fourth-order valence-corrected chi connectivity index (χ4v) is 2.59.